The second-order valence-electron chi connectivity index (χ2n) is 8.03. The van der Waals surface area contributed by atoms with E-state index in [2.05, 4.69) is 5.32 Å². The summed E-state index contributed by atoms with van der Waals surface area (Å²) in [4.78, 5) is 25.5. The molecule has 5 atom stereocenters. The molecule has 4 rings (SSSR count). The van der Waals surface area contributed by atoms with Gasteiger partial charge in [-0.15, -0.1) is 0 Å². The summed E-state index contributed by atoms with van der Waals surface area (Å²) < 4.78 is 28.3. The molecule has 2 aromatic rings. The third kappa shape index (κ3) is 3.36. The van der Waals surface area contributed by atoms with Gasteiger partial charge in [-0.3, -0.25) is 9.59 Å². The number of aliphatic hydroxyl groups is 1. The average Bonchev–Trinajstić information content (AvgIpc) is 3.23. The van der Waals surface area contributed by atoms with Crippen LogP contribution >= 0.6 is 0 Å². The molecule has 30 heavy (non-hydrogen) atoms. The summed E-state index contributed by atoms with van der Waals surface area (Å²) in [5.41, 5.74) is 1.24. The number of benzene rings is 1. The van der Waals surface area contributed by atoms with Crippen LogP contribution in [0.1, 0.15) is 30.3 Å². The van der Waals surface area contributed by atoms with Crippen molar-refractivity contribution in [3.8, 4) is 0 Å². The largest absolute Gasteiger partial charge is 0.396 e. The van der Waals surface area contributed by atoms with Gasteiger partial charge in [0.05, 0.1) is 18.3 Å². The highest BCUT2D eigenvalue weighted by Gasteiger charge is 2.58. The molecule has 0 aliphatic carbocycles. The highest BCUT2D eigenvalue weighted by molar-refractivity contribution is 7.88. The first-order chi connectivity index (χ1) is 14.2. The topological polar surface area (TPSA) is 109 Å². The Morgan fingerprint density at radius 1 is 1.20 bits per heavy atom. The lowest BCUT2D eigenvalue weighted by Gasteiger charge is -2.29. The van der Waals surface area contributed by atoms with Crippen molar-refractivity contribution in [1.82, 2.24) is 14.2 Å². The van der Waals surface area contributed by atoms with Gasteiger partial charge in [0.2, 0.25) is 15.9 Å². The molecule has 3 heterocycles. The lowest BCUT2D eigenvalue weighted by Crippen LogP contribution is -2.50. The van der Waals surface area contributed by atoms with Crippen LogP contribution in [0.15, 0.2) is 53.3 Å². The number of carbonyl (C=O) groups is 1. The number of aromatic nitrogens is 1. The van der Waals surface area contributed by atoms with E-state index in [1.165, 1.54) is 14.9 Å². The van der Waals surface area contributed by atoms with E-state index in [1.807, 2.05) is 37.3 Å². The van der Waals surface area contributed by atoms with E-state index in [9.17, 15) is 23.1 Å². The van der Waals surface area contributed by atoms with E-state index < -0.39 is 33.9 Å². The van der Waals surface area contributed by atoms with Gasteiger partial charge in [0, 0.05) is 36.7 Å². The summed E-state index contributed by atoms with van der Waals surface area (Å²) in [5.74, 6) is -1.43. The number of sulfonamides is 1. The molecule has 9 heteroatoms. The lowest BCUT2D eigenvalue weighted by atomic mass is 9.88. The number of rotatable bonds is 5. The molecule has 0 saturated carbocycles. The fourth-order valence-corrected chi connectivity index (χ4v) is 6.23. The third-order valence-corrected chi connectivity index (χ3v) is 7.43. The number of fused-ring (bicyclic) bond motifs is 3. The molecule has 0 unspecified atom stereocenters. The van der Waals surface area contributed by atoms with Gasteiger partial charge in [-0.1, -0.05) is 36.4 Å². The van der Waals surface area contributed by atoms with E-state index >= 15 is 0 Å². The fraction of sp³-hybridized carbons (Fsp3) is 0.429. The number of nitrogens with one attached hydrogen (secondary N) is 1. The second kappa shape index (κ2) is 7.64. The number of aliphatic hydroxyl groups excluding tert-OH is 1. The quantitative estimate of drug-likeness (QED) is 0.723. The first-order valence-corrected chi connectivity index (χ1v) is 11.7. The zero-order chi connectivity index (χ0) is 21.6. The predicted molar refractivity (Wildman–Crippen MR) is 111 cm³/mol. The molecule has 2 aliphatic rings. The third-order valence-electron chi connectivity index (χ3n) is 6.21. The van der Waals surface area contributed by atoms with Crippen LogP contribution in [0.4, 0.5) is 0 Å². The number of hydrogen-bond acceptors (Lipinski definition) is 5. The number of hydrogen-bond donors (Lipinski definition) is 2. The standard InChI is InChI=1S/C21H25N3O5S/c1-13(14-7-4-3-5-8-14)22-21(27)20-16(12-25)15-11-23-17(9-6-10-18(23)26)19(15)24(20)30(2,28)29/h3-10,13,15-16,19-20,25H,11-12H2,1-2H3,(H,22,27)/t13-,15+,16+,19-,20+/m1/s1. The van der Waals surface area contributed by atoms with Crippen LogP contribution in [0.5, 0.6) is 0 Å². The van der Waals surface area contributed by atoms with Gasteiger partial charge in [0.15, 0.2) is 0 Å². The molecule has 2 aliphatic heterocycles. The number of carbonyl (C=O) groups excluding carboxylic acids is 1. The zero-order valence-corrected chi connectivity index (χ0v) is 17.6. The number of pyridine rings is 1. The normalized spacial score (nSPS) is 26.8. The monoisotopic (exact) mass is 431 g/mol. The van der Waals surface area contributed by atoms with E-state index in [1.54, 1.807) is 12.1 Å². The first-order valence-electron chi connectivity index (χ1n) is 9.88. The van der Waals surface area contributed by atoms with Crippen LogP contribution in [0.2, 0.25) is 0 Å². The minimum atomic E-state index is -3.80. The maximum Gasteiger partial charge on any atom is 0.250 e. The second-order valence-corrected chi connectivity index (χ2v) is 9.92. The van der Waals surface area contributed by atoms with Crippen LogP contribution in [0.25, 0.3) is 0 Å². The summed E-state index contributed by atoms with van der Waals surface area (Å²) in [5, 5.41) is 13.0. The van der Waals surface area contributed by atoms with Crippen molar-refractivity contribution in [2.75, 3.05) is 12.9 Å². The average molecular weight is 432 g/mol. The van der Waals surface area contributed by atoms with Crippen LogP contribution in [-0.2, 0) is 21.4 Å². The molecule has 1 fully saturated rings. The van der Waals surface area contributed by atoms with Gasteiger partial charge < -0.3 is 15.0 Å². The van der Waals surface area contributed by atoms with Crippen LogP contribution in [0, 0.1) is 11.8 Å². The van der Waals surface area contributed by atoms with E-state index in [0.717, 1.165) is 11.8 Å². The molecule has 160 valence electrons. The Morgan fingerprint density at radius 2 is 1.90 bits per heavy atom. The molecular weight excluding hydrogens is 406 g/mol. The van der Waals surface area contributed by atoms with Crippen molar-refractivity contribution in [3.63, 3.8) is 0 Å². The molecule has 1 saturated heterocycles. The van der Waals surface area contributed by atoms with Crippen LogP contribution in [0.3, 0.4) is 0 Å². The minimum absolute atomic E-state index is 0.217. The van der Waals surface area contributed by atoms with E-state index in [0.29, 0.717) is 5.69 Å². The molecule has 8 nitrogen and oxygen atoms in total. The molecular formula is C21H25N3O5S. The van der Waals surface area contributed by atoms with Gasteiger partial charge in [0.25, 0.3) is 5.56 Å². The maximum atomic E-state index is 13.3. The van der Waals surface area contributed by atoms with Gasteiger partial charge >= 0.3 is 0 Å². The Kier molecular flexibility index (Phi) is 5.29. The minimum Gasteiger partial charge on any atom is -0.396 e. The van der Waals surface area contributed by atoms with Gasteiger partial charge in [-0.25, -0.2) is 8.42 Å². The molecule has 2 N–H and O–H groups in total. The Hall–Kier alpha value is -2.49. The van der Waals surface area contributed by atoms with E-state index in [4.69, 9.17) is 0 Å². The smallest absolute Gasteiger partial charge is 0.250 e. The zero-order valence-electron chi connectivity index (χ0n) is 16.8. The number of amides is 1. The molecule has 1 aromatic heterocycles. The van der Waals surface area contributed by atoms with Gasteiger partial charge in [-0.2, -0.15) is 4.31 Å². The lowest BCUT2D eigenvalue weighted by molar-refractivity contribution is -0.126. The summed E-state index contributed by atoms with van der Waals surface area (Å²) in [6.07, 6.45) is 1.06. The Balaban J connectivity index is 1.72. The Morgan fingerprint density at radius 3 is 2.53 bits per heavy atom. The van der Waals surface area contributed by atoms with Gasteiger partial charge in [0.1, 0.15) is 6.04 Å². The number of nitrogens with zero attached hydrogens (tertiary/aromatic N) is 2. The summed E-state index contributed by atoms with van der Waals surface area (Å²) >= 11 is 0. The molecule has 0 spiro atoms. The summed E-state index contributed by atoms with van der Waals surface area (Å²) in [6.45, 7) is 1.75. The predicted octanol–water partition coefficient (Wildman–Crippen LogP) is 0.649. The van der Waals surface area contributed by atoms with Crippen molar-refractivity contribution >= 4 is 15.9 Å². The van der Waals surface area contributed by atoms with Crippen molar-refractivity contribution in [2.45, 2.75) is 31.6 Å². The summed E-state index contributed by atoms with van der Waals surface area (Å²) in [7, 11) is -3.80. The molecule has 0 bridgehead atoms. The van der Waals surface area contributed by atoms with E-state index in [-0.39, 0.29) is 30.7 Å². The van der Waals surface area contributed by atoms with Crippen molar-refractivity contribution < 1.29 is 18.3 Å². The molecule has 1 amide bonds. The SMILES string of the molecule is C[C@@H](NC(=O)[C@@H]1[C@@H](CO)[C@@H]2Cn3c(cccc3=O)[C@@H]2N1S(C)(=O)=O)c1ccccc1. The van der Waals surface area contributed by atoms with Crippen molar-refractivity contribution in [2.24, 2.45) is 11.8 Å². The fourth-order valence-electron chi connectivity index (χ4n) is 4.89. The van der Waals surface area contributed by atoms with Gasteiger partial charge in [-0.05, 0) is 18.6 Å². The Bertz CT molecular complexity index is 1110. The van der Waals surface area contributed by atoms with Crippen molar-refractivity contribution in [1.29, 1.82) is 0 Å². The Labute approximate surface area is 175 Å². The van der Waals surface area contributed by atoms with Crippen LogP contribution < -0.4 is 10.9 Å². The highest BCUT2D eigenvalue weighted by Crippen LogP contribution is 2.50. The van der Waals surface area contributed by atoms with Crippen molar-refractivity contribution in [3.05, 3.63) is 70.1 Å². The first kappa shape index (κ1) is 20.8. The highest BCUT2D eigenvalue weighted by atomic mass is 32.2. The molecule has 1 aromatic carbocycles. The van der Waals surface area contributed by atoms with Crippen LogP contribution in [-0.4, -0.2) is 47.2 Å². The summed E-state index contributed by atoms with van der Waals surface area (Å²) in [6, 6.07) is 12.1. The molecule has 0 radical (unpaired) electrons. The maximum absolute atomic E-state index is 13.3.